The molecule has 2 rings (SSSR count). The standard InChI is InChI=1S/C12H12ClNO3/c1-7-9(13)3-2-4-10(7)14-6-8(12(16)17)5-11(14)15/h2-4,8H,5-6H2,1H3,(H,16,17)/p-1. The zero-order valence-electron chi connectivity index (χ0n) is 9.27. The highest BCUT2D eigenvalue weighted by Crippen LogP contribution is 2.31. The average molecular weight is 253 g/mol. The maximum Gasteiger partial charge on any atom is 0.227 e. The van der Waals surface area contributed by atoms with Crippen molar-refractivity contribution in [2.24, 2.45) is 5.92 Å². The summed E-state index contributed by atoms with van der Waals surface area (Å²) in [5.41, 5.74) is 1.45. The summed E-state index contributed by atoms with van der Waals surface area (Å²) in [4.78, 5) is 24.0. The molecule has 0 radical (unpaired) electrons. The quantitative estimate of drug-likeness (QED) is 0.780. The van der Waals surface area contributed by atoms with Crippen molar-refractivity contribution in [3.8, 4) is 0 Å². The van der Waals surface area contributed by atoms with Gasteiger partial charge in [-0.25, -0.2) is 0 Å². The molecule has 0 saturated carbocycles. The van der Waals surface area contributed by atoms with E-state index >= 15 is 0 Å². The van der Waals surface area contributed by atoms with Crippen LogP contribution in [0.25, 0.3) is 0 Å². The van der Waals surface area contributed by atoms with E-state index in [1.165, 1.54) is 4.90 Å². The number of rotatable bonds is 2. The van der Waals surface area contributed by atoms with E-state index < -0.39 is 11.9 Å². The molecule has 1 amide bonds. The molecule has 1 atom stereocenters. The van der Waals surface area contributed by atoms with Crippen molar-refractivity contribution in [1.82, 2.24) is 0 Å². The van der Waals surface area contributed by atoms with Gasteiger partial charge in [0.15, 0.2) is 0 Å². The Morgan fingerprint density at radius 1 is 1.53 bits per heavy atom. The number of carboxylic acids is 1. The van der Waals surface area contributed by atoms with Gasteiger partial charge in [-0.15, -0.1) is 0 Å². The SMILES string of the molecule is Cc1c(Cl)cccc1N1CC(C(=O)[O-])CC1=O. The molecule has 1 heterocycles. The number of hydrogen-bond donors (Lipinski definition) is 0. The second-order valence-electron chi connectivity index (χ2n) is 4.11. The number of halogens is 1. The third kappa shape index (κ3) is 2.13. The lowest BCUT2D eigenvalue weighted by Crippen LogP contribution is -2.33. The van der Waals surface area contributed by atoms with Crippen molar-refractivity contribution in [1.29, 1.82) is 0 Å². The van der Waals surface area contributed by atoms with Crippen LogP contribution in [0.15, 0.2) is 18.2 Å². The molecule has 1 aliphatic rings. The van der Waals surface area contributed by atoms with Gasteiger partial charge in [0.25, 0.3) is 0 Å². The fourth-order valence-corrected chi connectivity index (χ4v) is 2.16. The second kappa shape index (κ2) is 4.37. The van der Waals surface area contributed by atoms with E-state index in [-0.39, 0.29) is 18.9 Å². The highest BCUT2D eigenvalue weighted by molar-refractivity contribution is 6.31. The van der Waals surface area contributed by atoms with E-state index in [0.717, 1.165) is 5.56 Å². The van der Waals surface area contributed by atoms with Crippen LogP contribution in [0.5, 0.6) is 0 Å². The molecule has 1 fully saturated rings. The number of anilines is 1. The predicted octanol–water partition coefficient (Wildman–Crippen LogP) is 0.751. The summed E-state index contributed by atoms with van der Waals surface area (Å²) in [5, 5.41) is 11.3. The van der Waals surface area contributed by atoms with Gasteiger partial charge in [-0.2, -0.15) is 0 Å². The van der Waals surface area contributed by atoms with Gasteiger partial charge in [0.2, 0.25) is 5.91 Å². The van der Waals surface area contributed by atoms with E-state index in [0.29, 0.717) is 10.7 Å². The molecule has 0 aliphatic carbocycles. The summed E-state index contributed by atoms with van der Waals surface area (Å²) >= 11 is 5.97. The monoisotopic (exact) mass is 252 g/mol. The average Bonchev–Trinajstić information content (AvgIpc) is 2.65. The minimum absolute atomic E-state index is 0.00567. The first kappa shape index (κ1) is 11.9. The molecule has 4 nitrogen and oxygen atoms in total. The molecule has 0 spiro atoms. The molecule has 0 N–H and O–H groups in total. The van der Waals surface area contributed by atoms with Gasteiger partial charge >= 0.3 is 0 Å². The van der Waals surface area contributed by atoms with Crippen LogP contribution in [-0.4, -0.2) is 18.4 Å². The molecule has 1 aromatic carbocycles. The number of carbonyl (C=O) groups is 2. The molecule has 0 bridgehead atoms. The summed E-state index contributed by atoms with van der Waals surface area (Å²) < 4.78 is 0. The summed E-state index contributed by atoms with van der Waals surface area (Å²) in [6.45, 7) is 1.96. The zero-order chi connectivity index (χ0) is 12.6. The molecule has 1 aromatic rings. The molecule has 5 heteroatoms. The zero-order valence-corrected chi connectivity index (χ0v) is 10.0. The van der Waals surface area contributed by atoms with Crippen LogP contribution in [0.1, 0.15) is 12.0 Å². The number of carbonyl (C=O) groups excluding carboxylic acids is 2. The van der Waals surface area contributed by atoms with Crippen molar-refractivity contribution in [2.45, 2.75) is 13.3 Å². The van der Waals surface area contributed by atoms with Gasteiger partial charge < -0.3 is 14.8 Å². The van der Waals surface area contributed by atoms with Crippen molar-refractivity contribution in [2.75, 3.05) is 11.4 Å². The number of nitrogens with zero attached hydrogens (tertiary/aromatic N) is 1. The highest BCUT2D eigenvalue weighted by Gasteiger charge is 2.32. The first-order valence-corrected chi connectivity index (χ1v) is 5.65. The summed E-state index contributed by atoms with van der Waals surface area (Å²) in [6.07, 6.45) is -0.00567. The van der Waals surface area contributed by atoms with Crippen LogP contribution in [0.3, 0.4) is 0 Å². The van der Waals surface area contributed by atoms with Gasteiger partial charge in [-0.3, -0.25) is 4.79 Å². The Bertz CT molecular complexity index is 487. The van der Waals surface area contributed by atoms with Gasteiger partial charge in [0.1, 0.15) is 0 Å². The fourth-order valence-electron chi connectivity index (χ4n) is 1.99. The van der Waals surface area contributed by atoms with Crippen molar-refractivity contribution in [3.63, 3.8) is 0 Å². The summed E-state index contributed by atoms with van der Waals surface area (Å²) in [6, 6.07) is 5.23. The number of carboxylic acid groups (broad SMARTS) is 1. The lowest BCUT2D eigenvalue weighted by molar-refractivity contribution is -0.310. The van der Waals surface area contributed by atoms with E-state index in [1.54, 1.807) is 25.1 Å². The number of benzene rings is 1. The van der Waals surface area contributed by atoms with Gasteiger partial charge in [-0.1, -0.05) is 17.7 Å². The molecular weight excluding hydrogens is 242 g/mol. The lowest BCUT2D eigenvalue weighted by Gasteiger charge is -2.20. The van der Waals surface area contributed by atoms with Crippen molar-refractivity contribution in [3.05, 3.63) is 28.8 Å². The van der Waals surface area contributed by atoms with Crippen molar-refractivity contribution < 1.29 is 14.7 Å². The number of amides is 1. The Kier molecular flexibility index (Phi) is 3.07. The summed E-state index contributed by atoms with van der Waals surface area (Å²) in [5.74, 6) is -2.12. The third-order valence-electron chi connectivity index (χ3n) is 2.99. The normalized spacial score (nSPS) is 19.8. The minimum atomic E-state index is -1.18. The van der Waals surface area contributed by atoms with E-state index in [1.807, 2.05) is 0 Å². The molecular formula is C12H11ClNO3-. The maximum atomic E-state index is 11.7. The third-order valence-corrected chi connectivity index (χ3v) is 3.40. The predicted molar refractivity (Wildman–Crippen MR) is 61.7 cm³/mol. The Labute approximate surface area is 104 Å². The molecule has 17 heavy (non-hydrogen) atoms. The second-order valence-corrected chi connectivity index (χ2v) is 4.52. The maximum absolute atomic E-state index is 11.7. The molecule has 0 aromatic heterocycles. The van der Waals surface area contributed by atoms with Gasteiger partial charge in [-0.05, 0) is 24.6 Å². The van der Waals surface area contributed by atoms with Crippen LogP contribution in [0.4, 0.5) is 5.69 Å². The number of aliphatic carboxylic acids is 1. The van der Waals surface area contributed by atoms with E-state index in [9.17, 15) is 14.7 Å². The van der Waals surface area contributed by atoms with E-state index in [4.69, 9.17) is 11.6 Å². The van der Waals surface area contributed by atoms with Crippen LogP contribution < -0.4 is 10.0 Å². The van der Waals surface area contributed by atoms with Gasteiger partial charge in [0.05, 0.1) is 0 Å². The van der Waals surface area contributed by atoms with Gasteiger partial charge in [0, 0.05) is 35.6 Å². The first-order chi connectivity index (χ1) is 8.00. The van der Waals surface area contributed by atoms with Crippen molar-refractivity contribution >= 4 is 29.2 Å². The highest BCUT2D eigenvalue weighted by atomic mass is 35.5. The summed E-state index contributed by atoms with van der Waals surface area (Å²) in [7, 11) is 0. The van der Waals surface area contributed by atoms with Crippen LogP contribution in [0, 0.1) is 12.8 Å². The van der Waals surface area contributed by atoms with Crippen LogP contribution in [-0.2, 0) is 9.59 Å². The lowest BCUT2D eigenvalue weighted by atomic mass is 10.1. The molecule has 1 unspecified atom stereocenters. The number of hydrogen-bond acceptors (Lipinski definition) is 3. The minimum Gasteiger partial charge on any atom is -0.550 e. The van der Waals surface area contributed by atoms with E-state index in [2.05, 4.69) is 0 Å². The molecule has 90 valence electrons. The Hall–Kier alpha value is -1.55. The smallest absolute Gasteiger partial charge is 0.227 e. The fraction of sp³-hybridized carbons (Fsp3) is 0.333. The molecule has 1 aliphatic heterocycles. The topological polar surface area (TPSA) is 60.4 Å². The largest absolute Gasteiger partial charge is 0.550 e. The Morgan fingerprint density at radius 3 is 2.82 bits per heavy atom. The van der Waals surface area contributed by atoms with Crippen LogP contribution in [0.2, 0.25) is 5.02 Å². The molecule has 1 saturated heterocycles. The van der Waals surface area contributed by atoms with Crippen LogP contribution >= 0.6 is 11.6 Å². The Balaban J connectivity index is 2.32. The first-order valence-electron chi connectivity index (χ1n) is 5.27. The Morgan fingerprint density at radius 2 is 2.24 bits per heavy atom.